The highest BCUT2D eigenvalue weighted by atomic mass is 15.2. The number of rotatable bonds is 4. The Bertz CT molecular complexity index is 485. The summed E-state index contributed by atoms with van der Waals surface area (Å²) in [5.41, 5.74) is 3.05. The zero-order valence-corrected chi connectivity index (χ0v) is 13.7. The molecule has 1 aromatic heterocycles. The summed E-state index contributed by atoms with van der Waals surface area (Å²) in [5.74, 6) is 0.844. The van der Waals surface area contributed by atoms with E-state index in [9.17, 15) is 0 Å². The lowest BCUT2D eigenvalue weighted by Gasteiger charge is -2.46. The number of nitrogens with one attached hydrogen (secondary N) is 1. The Morgan fingerprint density at radius 3 is 3.00 bits per heavy atom. The topological polar surface area (TPSA) is 28.2 Å². The highest BCUT2D eigenvalue weighted by molar-refractivity contribution is 5.28. The Morgan fingerprint density at radius 1 is 1.38 bits per heavy atom. The van der Waals surface area contributed by atoms with Gasteiger partial charge < -0.3 is 10.2 Å². The summed E-state index contributed by atoms with van der Waals surface area (Å²) in [7, 11) is 4.50. The summed E-state index contributed by atoms with van der Waals surface area (Å²) in [5, 5.41) is 3.85. The summed E-state index contributed by atoms with van der Waals surface area (Å²) in [6.07, 6.45) is 9.69. The lowest BCUT2D eigenvalue weighted by Crippen LogP contribution is -2.54. The van der Waals surface area contributed by atoms with Crippen LogP contribution in [0.15, 0.2) is 18.3 Å². The molecule has 1 heterocycles. The molecule has 2 aliphatic rings. The molecule has 0 amide bonds. The van der Waals surface area contributed by atoms with E-state index in [1.165, 1.54) is 49.8 Å². The van der Waals surface area contributed by atoms with Crippen LogP contribution in [0.5, 0.6) is 0 Å². The summed E-state index contributed by atoms with van der Waals surface area (Å²) in [6, 6.07) is 4.75. The van der Waals surface area contributed by atoms with Crippen LogP contribution in [0.4, 0.5) is 0 Å². The van der Waals surface area contributed by atoms with Gasteiger partial charge in [-0.2, -0.15) is 0 Å². The molecule has 2 aliphatic carbocycles. The van der Waals surface area contributed by atoms with Crippen LogP contribution in [0.2, 0.25) is 0 Å². The van der Waals surface area contributed by atoms with Gasteiger partial charge in [0.05, 0.1) is 11.7 Å². The van der Waals surface area contributed by atoms with E-state index >= 15 is 0 Å². The van der Waals surface area contributed by atoms with Crippen molar-refractivity contribution in [2.24, 2.45) is 5.92 Å². The first-order valence-electron chi connectivity index (χ1n) is 8.45. The van der Waals surface area contributed by atoms with Crippen molar-refractivity contribution in [3.8, 4) is 0 Å². The van der Waals surface area contributed by atoms with Gasteiger partial charge >= 0.3 is 0 Å². The van der Waals surface area contributed by atoms with E-state index in [-0.39, 0.29) is 0 Å². The average Bonchev–Trinajstić information content (AvgIpc) is 2.88. The number of pyridine rings is 1. The summed E-state index contributed by atoms with van der Waals surface area (Å²) in [4.78, 5) is 7.07. The fourth-order valence-corrected chi connectivity index (χ4v) is 4.28. The number of aromatic nitrogens is 1. The van der Waals surface area contributed by atoms with E-state index < -0.39 is 0 Å². The third-order valence-corrected chi connectivity index (χ3v) is 5.65. The highest BCUT2D eigenvalue weighted by Gasteiger charge is 2.37. The molecule has 0 radical (unpaired) electrons. The molecule has 1 fully saturated rings. The first-order valence-corrected chi connectivity index (χ1v) is 8.45. The molecular formula is C18H29N3. The molecule has 3 nitrogen and oxygen atoms in total. The van der Waals surface area contributed by atoms with Gasteiger partial charge in [0.25, 0.3) is 0 Å². The van der Waals surface area contributed by atoms with Crippen molar-refractivity contribution in [1.82, 2.24) is 15.2 Å². The Kier molecular flexibility index (Phi) is 4.32. The first-order chi connectivity index (χ1) is 10.1. The largest absolute Gasteiger partial charge is 0.307 e. The number of aryl methyl sites for hydroxylation is 1. The van der Waals surface area contributed by atoms with E-state index in [0.717, 1.165) is 12.5 Å². The maximum Gasteiger partial charge on any atom is 0.0605 e. The molecule has 1 aromatic rings. The van der Waals surface area contributed by atoms with Gasteiger partial charge in [-0.3, -0.25) is 4.98 Å². The third-order valence-electron chi connectivity index (χ3n) is 5.65. The van der Waals surface area contributed by atoms with Gasteiger partial charge in [0, 0.05) is 18.3 Å². The number of hydrogen-bond acceptors (Lipinski definition) is 3. The maximum atomic E-state index is 4.61. The van der Waals surface area contributed by atoms with E-state index in [2.05, 4.69) is 48.4 Å². The van der Waals surface area contributed by atoms with Gasteiger partial charge in [-0.25, -0.2) is 0 Å². The van der Waals surface area contributed by atoms with Crippen molar-refractivity contribution < 1.29 is 0 Å². The number of hydrogen-bond donors (Lipinski definition) is 1. The minimum absolute atomic E-state index is 0.329. The van der Waals surface area contributed by atoms with Gasteiger partial charge in [-0.15, -0.1) is 0 Å². The van der Waals surface area contributed by atoms with Crippen molar-refractivity contribution in [2.45, 2.75) is 57.0 Å². The molecule has 0 saturated heterocycles. The zero-order chi connectivity index (χ0) is 14.9. The van der Waals surface area contributed by atoms with Crippen LogP contribution >= 0.6 is 0 Å². The van der Waals surface area contributed by atoms with Gasteiger partial charge in [0.1, 0.15) is 0 Å². The average molecular weight is 287 g/mol. The SMILES string of the molecule is CC1CCCC(CNC2CCc3cccnc32)(N(C)C)C1. The second-order valence-electron chi connectivity index (χ2n) is 7.34. The predicted molar refractivity (Wildman–Crippen MR) is 87.4 cm³/mol. The highest BCUT2D eigenvalue weighted by Crippen LogP contribution is 2.36. The van der Waals surface area contributed by atoms with Gasteiger partial charge in [-0.05, 0) is 57.3 Å². The molecule has 0 bridgehead atoms. The van der Waals surface area contributed by atoms with Gasteiger partial charge in [0.2, 0.25) is 0 Å². The van der Waals surface area contributed by atoms with E-state index in [1.54, 1.807) is 0 Å². The van der Waals surface area contributed by atoms with Crippen LogP contribution in [-0.2, 0) is 6.42 Å². The van der Waals surface area contributed by atoms with Crippen LogP contribution in [0, 0.1) is 5.92 Å². The second kappa shape index (κ2) is 6.05. The maximum absolute atomic E-state index is 4.61. The quantitative estimate of drug-likeness (QED) is 0.922. The number of nitrogens with zero attached hydrogens (tertiary/aromatic N) is 2. The fraction of sp³-hybridized carbons (Fsp3) is 0.722. The lowest BCUT2D eigenvalue weighted by atomic mass is 9.75. The Hall–Kier alpha value is -0.930. The normalized spacial score (nSPS) is 32.4. The number of likely N-dealkylation sites (N-methyl/N-ethyl adjacent to an activating group) is 1. The van der Waals surface area contributed by atoms with Gasteiger partial charge in [0.15, 0.2) is 0 Å². The molecule has 3 unspecified atom stereocenters. The standard InChI is InChI=1S/C18H29N3/c1-14-6-4-10-18(12-14,21(2)3)13-20-16-9-8-15-7-5-11-19-17(15)16/h5,7,11,14,16,20H,4,6,8-10,12-13H2,1-3H3. The Labute approximate surface area is 129 Å². The van der Waals surface area contributed by atoms with Crippen molar-refractivity contribution >= 4 is 0 Å². The lowest BCUT2D eigenvalue weighted by molar-refractivity contribution is 0.0721. The molecule has 1 saturated carbocycles. The molecule has 0 aliphatic heterocycles. The Balaban J connectivity index is 1.68. The van der Waals surface area contributed by atoms with Crippen molar-refractivity contribution in [1.29, 1.82) is 0 Å². The van der Waals surface area contributed by atoms with Crippen LogP contribution in [0.1, 0.15) is 56.3 Å². The molecule has 3 heteroatoms. The molecule has 21 heavy (non-hydrogen) atoms. The molecular weight excluding hydrogens is 258 g/mol. The van der Waals surface area contributed by atoms with Crippen LogP contribution in [0.3, 0.4) is 0 Å². The number of fused-ring (bicyclic) bond motifs is 1. The molecule has 0 spiro atoms. The summed E-state index contributed by atoms with van der Waals surface area (Å²) in [6.45, 7) is 3.49. The van der Waals surface area contributed by atoms with Crippen molar-refractivity contribution in [3.63, 3.8) is 0 Å². The van der Waals surface area contributed by atoms with Crippen molar-refractivity contribution in [2.75, 3.05) is 20.6 Å². The third kappa shape index (κ3) is 3.00. The minimum atomic E-state index is 0.329. The van der Waals surface area contributed by atoms with Crippen LogP contribution < -0.4 is 5.32 Å². The predicted octanol–water partition coefficient (Wildman–Crippen LogP) is 3.17. The Morgan fingerprint density at radius 2 is 2.24 bits per heavy atom. The molecule has 3 rings (SSSR count). The first kappa shape index (κ1) is 15.0. The summed E-state index contributed by atoms with van der Waals surface area (Å²) >= 11 is 0. The molecule has 0 aromatic carbocycles. The summed E-state index contributed by atoms with van der Waals surface area (Å²) < 4.78 is 0. The smallest absolute Gasteiger partial charge is 0.0605 e. The minimum Gasteiger partial charge on any atom is -0.307 e. The monoisotopic (exact) mass is 287 g/mol. The van der Waals surface area contributed by atoms with Crippen LogP contribution in [-0.4, -0.2) is 36.1 Å². The fourth-order valence-electron chi connectivity index (χ4n) is 4.28. The van der Waals surface area contributed by atoms with Gasteiger partial charge in [-0.1, -0.05) is 25.8 Å². The zero-order valence-electron chi connectivity index (χ0n) is 13.7. The molecule has 3 atom stereocenters. The van der Waals surface area contributed by atoms with Crippen LogP contribution in [0.25, 0.3) is 0 Å². The second-order valence-corrected chi connectivity index (χ2v) is 7.34. The van der Waals surface area contributed by atoms with Crippen molar-refractivity contribution in [3.05, 3.63) is 29.6 Å². The van der Waals surface area contributed by atoms with E-state index in [0.29, 0.717) is 11.6 Å². The molecule has 116 valence electrons. The van der Waals surface area contributed by atoms with E-state index in [1.807, 2.05) is 6.20 Å². The molecule has 1 N–H and O–H groups in total. The van der Waals surface area contributed by atoms with E-state index in [4.69, 9.17) is 0 Å².